The molecule has 2 N–H and O–H groups in total. The number of benzene rings is 1. The van der Waals surface area contributed by atoms with Crippen LogP contribution in [0.3, 0.4) is 0 Å². The fraction of sp³-hybridized carbons (Fsp3) is 0.500. The number of rotatable bonds is 4. The summed E-state index contributed by atoms with van der Waals surface area (Å²) in [6.45, 7) is 9.26. The Hall–Kier alpha value is -1.36. The van der Waals surface area contributed by atoms with Crippen LogP contribution in [0, 0.1) is 5.41 Å². The molecule has 2 aromatic rings. The molecule has 1 aliphatic heterocycles. The van der Waals surface area contributed by atoms with Gasteiger partial charge in [0, 0.05) is 17.6 Å². The molecule has 2 heterocycles. The van der Waals surface area contributed by atoms with Gasteiger partial charge in [0.15, 0.2) is 0 Å². The number of aromatic nitrogens is 1. The Morgan fingerprint density at radius 3 is 2.54 bits per heavy atom. The number of carbonyl (C=O) groups excluding carboxylic acids is 1. The molecular formula is C20H29Cl2N3O. The molecule has 3 rings (SSSR count). The van der Waals surface area contributed by atoms with Crippen LogP contribution in [-0.2, 0) is 0 Å². The molecule has 1 amide bonds. The molecule has 1 fully saturated rings. The third-order valence-electron chi connectivity index (χ3n) is 5.06. The predicted molar refractivity (Wildman–Crippen MR) is 113 cm³/mol. The van der Waals surface area contributed by atoms with Crippen LogP contribution in [0.1, 0.15) is 55.6 Å². The number of hydrogen-bond donors (Lipinski definition) is 2. The summed E-state index contributed by atoms with van der Waals surface area (Å²) in [6.07, 6.45) is 2.20. The molecule has 26 heavy (non-hydrogen) atoms. The third-order valence-corrected chi connectivity index (χ3v) is 5.06. The van der Waals surface area contributed by atoms with Gasteiger partial charge in [0.2, 0.25) is 0 Å². The van der Waals surface area contributed by atoms with Crippen molar-refractivity contribution < 1.29 is 4.79 Å². The average molecular weight is 398 g/mol. The van der Waals surface area contributed by atoms with Crippen molar-refractivity contribution in [3.63, 3.8) is 0 Å². The molecule has 0 aliphatic carbocycles. The summed E-state index contributed by atoms with van der Waals surface area (Å²) in [5.74, 6) is 0.304. The number of carbonyl (C=O) groups is 1. The standard InChI is InChI=1S/C20H27N3O.2ClH/c1-14(2)18-12-16(15-6-4-5-7-17(15)23-18)19(24)22-13-20(3)8-10-21-11-9-20;;/h4-7,12,14,21H,8-11,13H2,1-3H3,(H,22,24);2*1H. The SMILES string of the molecule is CC(C)c1cc(C(=O)NCC2(C)CCNCC2)c2ccccc2n1.Cl.Cl. The number of hydrogen-bond acceptors (Lipinski definition) is 3. The highest BCUT2D eigenvalue weighted by atomic mass is 35.5. The number of fused-ring (bicyclic) bond motifs is 1. The van der Waals surface area contributed by atoms with Gasteiger partial charge in [-0.25, -0.2) is 0 Å². The van der Waals surface area contributed by atoms with Gasteiger partial charge in [0.1, 0.15) is 0 Å². The molecule has 6 heteroatoms. The summed E-state index contributed by atoms with van der Waals surface area (Å²) in [5.41, 5.74) is 2.78. The first-order chi connectivity index (χ1) is 11.5. The molecule has 0 saturated carbocycles. The normalized spacial score (nSPS) is 15.8. The van der Waals surface area contributed by atoms with Gasteiger partial charge < -0.3 is 10.6 Å². The summed E-state index contributed by atoms with van der Waals surface area (Å²) >= 11 is 0. The van der Waals surface area contributed by atoms with Crippen molar-refractivity contribution in [1.29, 1.82) is 0 Å². The van der Waals surface area contributed by atoms with Crippen LogP contribution in [0.25, 0.3) is 10.9 Å². The van der Waals surface area contributed by atoms with Crippen molar-refractivity contribution in [2.75, 3.05) is 19.6 Å². The highest BCUT2D eigenvalue weighted by Crippen LogP contribution is 2.27. The van der Waals surface area contributed by atoms with E-state index >= 15 is 0 Å². The van der Waals surface area contributed by atoms with Crippen LogP contribution in [0.5, 0.6) is 0 Å². The molecule has 0 bridgehead atoms. The Labute approximate surface area is 168 Å². The molecule has 1 aromatic carbocycles. The van der Waals surface area contributed by atoms with Crippen molar-refractivity contribution in [2.24, 2.45) is 5.41 Å². The van der Waals surface area contributed by atoms with Gasteiger partial charge in [-0.15, -0.1) is 24.8 Å². The first-order valence-corrected chi connectivity index (χ1v) is 8.87. The zero-order valence-electron chi connectivity index (χ0n) is 15.7. The van der Waals surface area contributed by atoms with Crippen molar-refractivity contribution in [3.05, 3.63) is 41.6 Å². The van der Waals surface area contributed by atoms with Gasteiger partial charge in [-0.05, 0) is 49.4 Å². The zero-order chi connectivity index (χ0) is 17.2. The van der Waals surface area contributed by atoms with E-state index in [1.807, 2.05) is 30.3 Å². The van der Waals surface area contributed by atoms with Gasteiger partial charge in [0.25, 0.3) is 5.91 Å². The number of nitrogens with zero attached hydrogens (tertiary/aromatic N) is 1. The zero-order valence-corrected chi connectivity index (χ0v) is 17.3. The lowest BCUT2D eigenvalue weighted by Crippen LogP contribution is -2.43. The number of pyridine rings is 1. The third kappa shape index (κ3) is 5.09. The van der Waals surface area contributed by atoms with E-state index in [0.717, 1.165) is 54.6 Å². The fourth-order valence-electron chi connectivity index (χ4n) is 3.28. The van der Waals surface area contributed by atoms with E-state index in [2.05, 4.69) is 31.4 Å². The molecule has 144 valence electrons. The van der Waals surface area contributed by atoms with Crippen LogP contribution in [0.2, 0.25) is 0 Å². The van der Waals surface area contributed by atoms with E-state index in [4.69, 9.17) is 4.98 Å². The maximum Gasteiger partial charge on any atom is 0.252 e. The number of nitrogens with one attached hydrogen (secondary N) is 2. The molecule has 0 unspecified atom stereocenters. The largest absolute Gasteiger partial charge is 0.351 e. The maximum atomic E-state index is 12.9. The first kappa shape index (κ1) is 22.7. The lowest BCUT2D eigenvalue weighted by atomic mass is 9.81. The summed E-state index contributed by atoms with van der Waals surface area (Å²) in [4.78, 5) is 17.6. The fourth-order valence-corrected chi connectivity index (χ4v) is 3.28. The Morgan fingerprint density at radius 1 is 1.23 bits per heavy atom. The van der Waals surface area contributed by atoms with Crippen LogP contribution in [0.4, 0.5) is 0 Å². The molecular weight excluding hydrogens is 369 g/mol. The number of para-hydroxylation sites is 1. The van der Waals surface area contributed by atoms with Gasteiger partial charge in [-0.1, -0.05) is 39.0 Å². The second-order valence-electron chi connectivity index (χ2n) is 7.51. The summed E-state index contributed by atoms with van der Waals surface area (Å²) in [6, 6.07) is 9.84. The van der Waals surface area contributed by atoms with Gasteiger partial charge in [-0.2, -0.15) is 0 Å². The first-order valence-electron chi connectivity index (χ1n) is 8.87. The van der Waals surface area contributed by atoms with Crippen molar-refractivity contribution in [1.82, 2.24) is 15.6 Å². The summed E-state index contributed by atoms with van der Waals surface area (Å²) in [5, 5.41) is 7.48. The minimum Gasteiger partial charge on any atom is -0.351 e. The second-order valence-corrected chi connectivity index (χ2v) is 7.51. The van der Waals surface area contributed by atoms with Crippen LogP contribution < -0.4 is 10.6 Å². The Bertz CT molecular complexity index is 743. The molecule has 0 atom stereocenters. The number of piperidine rings is 1. The van der Waals surface area contributed by atoms with E-state index in [1.165, 1.54) is 0 Å². The predicted octanol–water partition coefficient (Wildman–Crippen LogP) is 4.32. The molecule has 1 aromatic heterocycles. The van der Waals surface area contributed by atoms with E-state index < -0.39 is 0 Å². The number of amides is 1. The quantitative estimate of drug-likeness (QED) is 0.807. The number of halogens is 2. The topological polar surface area (TPSA) is 54.0 Å². The molecule has 1 aliphatic rings. The van der Waals surface area contributed by atoms with Crippen LogP contribution in [0.15, 0.2) is 30.3 Å². The van der Waals surface area contributed by atoms with Crippen LogP contribution >= 0.6 is 24.8 Å². The monoisotopic (exact) mass is 397 g/mol. The Balaban J connectivity index is 0.00000169. The highest BCUT2D eigenvalue weighted by Gasteiger charge is 2.27. The lowest BCUT2D eigenvalue weighted by molar-refractivity contribution is 0.0923. The molecule has 4 nitrogen and oxygen atoms in total. The molecule has 0 radical (unpaired) electrons. The minimum absolute atomic E-state index is 0. The average Bonchev–Trinajstić information content (AvgIpc) is 2.59. The van der Waals surface area contributed by atoms with E-state index in [1.54, 1.807) is 0 Å². The van der Waals surface area contributed by atoms with Crippen LogP contribution in [-0.4, -0.2) is 30.5 Å². The lowest BCUT2D eigenvalue weighted by Gasteiger charge is -2.34. The van der Waals surface area contributed by atoms with E-state index in [0.29, 0.717) is 5.92 Å². The minimum atomic E-state index is 0. The van der Waals surface area contributed by atoms with Crippen molar-refractivity contribution in [3.8, 4) is 0 Å². The van der Waals surface area contributed by atoms with Crippen molar-refractivity contribution in [2.45, 2.75) is 39.5 Å². The molecule has 1 saturated heterocycles. The van der Waals surface area contributed by atoms with Crippen molar-refractivity contribution >= 4 is 41.6 Å². The van der Waals surface area contributed by atoms with E-state index in [-0.39, 0.29) is 36.1 Å². The maximum absolute atomic E-state index is 12.9. The summed E-state index contributed by atoms with van der Waals surface area (Å²) in [7, 11) is 0. The second kappa shape index (κ2) is 9.54. The van der Waals surface area contributed by atoms with Gasteiger partial charge in [-0.3, -0.25) is 9.78 Å². The molecule has 0 spiro atoms. The smallest absolute Gasteiger partial charge is 0.252 e. The Morgan fingerprint density at radius 2 is 1.88 bits per heavy atom. The Kier molecular flexibility index (Phi) is 8.32. The highest BCUT2D eigenvalue weighted by molar-refractivity contribution is 6.06. The summed E-state index contributed by atoms with van der Waals surface area (Å²) < 4.78 is 0. The van der Waals surface area contributed by atoms with Gasteiger partial charge >= 0.3 is 0 Å². The van der Waals surface area contributed by atoms with E-state index in [9.17, 15) is 4.79 Å². The van der Waals surface area contributed by atoms with Gasteiger partial charge in [0.05, 0.1) is 11.1 Å².